The van der Waals surface area contributed by atoms with Crippen molar-refractivity contribution in [3.05, 3.63) is 59.7 Å². The van der Waals surface area contributed by atoms with E-state index in [4.69, 9.17) is 10.1 Å². The molecular formula is C21H25N3O3. The van der Waals surface area contributed by atoms with Crippen molar-refractivity contribution in [3.8, 4) is 0 Å². The van der Waals surface area contributed by atoms with Gasteiger partial charge in [0.1, 0.15) is 6.23 Å². The van der Waals surface area contributed by atoms with E-state index in [1.54, 1.807) is 43.3 Å². The SMILES string of the molecule is CC(=N)c1cc(NC(=O)C(O)c2ccccc2)ccc1NC1CCCCO1. The Labute approximate surface area is 159 Å². The van der Waals surface area contributed by atoms with E-state index in [1.807, 2.05) is 12.1 Å². The van der Waals surface area contributed by atoms with Crippen LogP contribution in [-0.4, -0.2) is 29.6 Å². The van der Waals surface area contributed by atoms with Crippen molar-refractivity contribution in [2.75, 3.05) is 17.2 Å². The molecular weight excluding hydrogens is 342 g/mol. The van der Waals surface area contributed by atoms with Crippen molar-refractivity contribution < 1.29 is 14.6 Å². The zero-order valence-corrected chi connectivity index (χ0v) is 15.4. The van der Waals surface area contributed by atoms with Gasteiger partial charge in [0.05, 0.1) is 0 Å². The minimum atomic E-state index is -1.25. The number of rotatable bonds is 6. The van der Waals surface area contributed by atoms with Crippen LogP contribution in [0.25, 0.3) is 0 Å². The van der Waals surface area contributed by atoms with Gasteiger partial charge in [0.2, 0.25) is 0 Å². The van der Waals surface area contributed by atoms with Gasteiger partial charge < -0.3 is 25.9 Å². The maximum absolute atomic E-state index is 12.3. The Hall–Kier alpha value is -2.70. The van der Waals surface area contributed by atoms with Gasteiger partial charge in [-0.25, -0.2) is 0 Å². The summed E-state index contributed by atoms with van der Waals surface area (Å²) >= 11 is 0. The quantitative estimate of drug-likeness (QED) is 0.586. The molecule has 1 fully saturated rings. The number of ether oxygens (including phenoxy) is 1. The number of amides is 1. The molecule has 6 heteroatoms. The predicted molar refractivity (Wildman–Crippen MR) is 106 cm³/mol. The average molecular weight is 367 g/mol. The molecule has 0 radical (unpaired) electrons. The summed E-state index contributed by atoms with van der Waals surface area (Å²) in [5.74, 6) is -0.508. The summed E-state index contributed by atoms with van der Waals surface area (Å²) in [7, 11) is 0. The van der Waals surface area contributed by atoms with Gasteiger partial charge in [-0.2, -0.15) is 0 Å². The highest BCUT2D eigenvalue weighted by Crippen LogP contribution is 2.25. The highest BCUT2D eigenvalue weighted by Gasteiger charge is 2.19. The van der Waals surface area contributed by atoms with Crippen LogP contribution in [0.1, 0.15) is 43.4 Å². The molecule has 1 aliphatic rings. The molecule has 3 rings (SSSR count). The number of hydrogen-bond donors (Lipinski definition) is 4. The van der Waals surface area contributed by atoms with Crippen LogP contribution in [0.2, 0.25) is 0 Å². The van der Waals surface area contributed by atoms with Crippen LogP contribution in [0.15, 0.2) is 48.5 Å². The Kier molecular flexibility index (Phi) is 6.21. The Balaban J connectivity index is 1.73. The molecule has 4 N–H and O–H groups in total. The summed E-state index contributed by atoms with van der Waals surface area (Å²) in [6, 6.07) is 14.1. The molecule has 0 spiro atoms. The molecule has 27 heavy (non-hydrogen) atoms. The number of benzene rings is 2. The van der Waals surface area contributed by atoms with E-state index in [9.17, 15) is 9.90 Å². The first-order valence-corrected chi connectivity index (χ1v) is 9.16. The first kappa shape index (κ1) is 19.1. The lowest BCUT2D eigenvalue weighted by molar-refractivity contribution is -0.124. The molecule has 1 saturated heterocycles. The van der Waals surface area contributed by atoms with Crippen LogP contribution in [0.3, 0.4) is 0 Å². The van der Waals surface area contributed by atoms with Crippen molar-refractivity contribution in [1.82, 2.24) is 0 Å². The van der Waals surface area contributed by atoms with Gasteiger partial charge in [-0.3, -0.25) is 4.79 Å². The van der Waals surface area contributed by atoms with E-state index in [2.05, 4.69) is 10.6 Å². The molecule has 0 aromatic heterocycles. The zero-order valence-electron chi connectivity index (χ0n) is 15.4. The third kappa shape index (κ3) is 4.93. The minimum Gasteiger partial charge on any atom is -0.378 e. The summed E-state index contributed by atoms with van der Waals surface area (Å²) in [5.41, 5.74) is 2.94. The normalized spacial score (nSPS) is 17.8. The zero-order chi connectivity index (χ0) is 19.2. The van der Waals surface area contributed by atoms with Gasteiger partial charge in [0, 0.05) is 29.3 Å². The molecule has 1 amide bonds. The largest absolute Gasteiger partial charge is 0.378 e. The fraction of sp³-hybridized carbons (Fsp3) is 0.333. The number of hydrogen-bond acceptors (Lipinski definition) is 5. The monoisotopic (exact) mass is 367 g/mol. The van der Waals surface area contributed by atoms with E-state index in [-0.39, 0.29) is 6.23 Å². The number of nitrogens with one attached hydrogen (secondary N) is 3. The molecule has 2 atom stereocenters. The van der Waals surface area contributed by atoms with Crippen molar-refractivity contribution >= 4 is 23.0 Å². The average Bonchev–Trinajstić information content (AvgIpc) is 2.69. The molecule has 1 heterocycles. The lowest BCUT2D eigenvalue weighted by atomic mass is 10.1. The van der Waals surface area contributed by atoms with E-state index >= 15 is 0 Å². The number of aliphatic hydroxyl groups is 1. The van der Waals surface area contributed by atoms with Crippen molar-refractivity contribution in [2.45, 2.75) is 38.5 Å². The third-order valence-electron chi connectivity index (χ3n) is 4.55. The van der Waals surface area contributed by atoms with Crippen LogP contribution >= 0.6 is 0 Å². The first-order valence-electron chi connectivity index (χ1n) is 9.16. The van der Waals surface area contributed by atoms with E-state index in [0.717, 1.165) is 31.6 Å². The van der Waals surface area contributed by atoms with Gasteiger partial charge in [-0.1, -0.05) is 30.3 Å². The highest BCUT2D eigenvalue weighted by molar-refractivity contribution is 6.03. The number of aliphatic hydroxyl groups excluding tert-OH is 1. The van der Waals surface area contributed by atoms with Gasteiger partial charge >= 0.3 is 0 Å². The van der Waals surface area contributed by atoms with E-state index in [0.29, 0.717) is 22.5 Å². The molecule has 0 saturated carbocycles. The second-order valence-corrected chi connectivity index (χ2v) is 6.69. The maximum atomic E-state index is 12.3. The molecule has 142 valence electrons. The Morgan fingerprint density at radius 3 is 2.67 bits per heavy atom. The smallest absolute Gasteiger partial charge is 0.257 e. The number of anilines is 2. The standard InChI is InChI=1S/C21H25N3O3/c1-14(22)17-13-16(10-11-18(17)24-19-9-5-6-12-27-19)23-21(26)20(25)15-7-3-2-4-8-15/h2-4,7-8,10-11,13,19-20,22,24-25H,5-6,9,12H2,1H3,(H,23,26). The summed E-state index contributed by atoms with van der Waals surface area (Å²) < 4.78 is 5.71. The fourth-order valence-corrected chi connectivity index (χ4v) is 3.08. The van der Waals surface area contributed by atoms with Crippen molar-refractivity contribution in [3.63, 3.8) is 0 Å². The van der Waals surface area contributed by atoms with Gasteiger partial charge in [0.25, 0.3) is 5.91 Å². The van der Waals surface area contributed by atoms with Crippen LogP contribution in [-0.2, 0) is 9.53 Å². The fourth-order valence-electron chi connectivity index (χ4n) is 3.08. The van der Waals surface area contributed by atoms with E-state index < -0.39 is 12.0 Å². The second kappa shape index (κ2) is 8.79. The summed E-state index contributed by atoms with van der Waals surface area (Å²) in [6.45, 7) is 2.44. The molecule has 0 aliphatic carbocycles. The Bertz CT molecular complexity index is 802. The molecule has 2 unspecified atom stereocenters. The van der Waals surface area contributed by atoms with Crippen LogP contribution in [0.5, 0.6) is 0 Å². The van der Waals surface area contributed by atoms with Crippen LogP contribution < -0.4 is 10.6 Å². The number of carbonyl (C=O) groups excluding carboxylic acids is 1. The highest BCUT2D eigenvalue weighted by atomic mass is 16.5. The predicted octanol–water partition coefficient (Wildman–Crippen LogP) is 3.68. The van der Waals surface area contributed by atoms with Gasteiger partial charge in [-0.15, -0.1) is 0 Å². The number of carbonyl (C=O) groups is 1. The minimum absolute atomic E-state index is 0.0582. The van der Waals surface area contributed by atoms with Crippen molar-refractivity contribution in [1.29, 1.82) is 5.41 Å². The molecule has 2 aromatic carbocycles. The molecule has 6 nitrogen and oxygen atoms in total. The van der Waals surface area contributed by atoms with Gasteiger partial charge in [0.15, 0.2) is 6.10 Å². The summed E-state index contributed by atoms with van der Waals surface area (Å²) in [4.78, 5) is 12.3. The van der Waals surface area contributed by atoms with Crippen molar-refractivity contribution in [2.24, 2.45) is 0 Å². The maximum Gasteiger partial charge on any atom is 0.257 e. The first-order chi connectivity index (χ1) is 13.0. The van der Waals surface area contributed by atoms with Gasteiger partial charge in [-0.05, 0) is 49.9 Å². The topological polar surface area (TPSA) is 94.4 Å². The molecule has 2 aromatic rings. The summed E-state index contributed by atoms with van der Waals surface area (Å²) in [5, 5.41) is 24.3. The Morgan fingerprint density at radius 2 is 2.00 bits per heavy atom. The molecule has 1 aliphatic heterocycles. The third-order valence-corrected chi connectivity index (χ3v) is 4.55. The van der Waals surface area contributed by atoms with Crippen LogP contribution in [0.4, 0.5) is 11.4 Å². The lowest BCUT2D eigenvalue weighted by Crippen LogP contribution is -2.28. The Morgan fingerprint density at radius 1 is 1.22 bits per heavy atom. The van der Waals surface area contributed by atoms with Crippen LogP contribution in [0, 0.1) is 5.41 Å². The summed E-state index contributed by atoms with van der Waals surface area (Å²) in [6.07, 6.45) is 1.81. The molecule has 0 bridgehead atoms. The van der Waals surface area contributed by atoms with E-state index in [1.165, 1.54) is 0 Å². The second-order valence-electron chi connectivity index (χ2n) is 6.69. The lowest BCUT2D eigenvalue weighted by Gasteiger charge is -2.26.